The fourth-order valence-corrected chi connectivity index (χ4v) is 3.67. The van der Waals surface area contributed by atoms with E-state index < -0.39 is 0 Å². The number of aliphatic hydroxyl groups excluding tert-OH is 1. The summed E-state index contributed by atoms with van der Waals surface area (Å²) in [6, 6.07) is 7.69. The fraction of sp³-hybridized carbons (Fsp3) is 0.611. The van der Waals surface area contributed by atoms with Crippen molar-refractivity contribution >= 4 is 5.91 Å². The summed E-state index contributed by atoms with van der Waals surface area (Å²) in [6.07, 6.45) is 2.90. The number of hydrogen-bond acceptors (Lipinski definition) is 4. The van der Waals surface area contributed by atoms with Crippen molar-refractivity contribution in [3.8, 4) is 5.75 Å². The summed E-state index contributed by atoms with van der Waals surface area (Å²) in [5, 5.41) is 10.0. The van der Waals surface area contributed by atoms with Crippen LogP contribution in [0.25, 0.3) is 0 Å². The number of ether oxygens (including phenoxy) is 1. The largest absolute Gasteiger partial charge is 0.494 e. The second kappa shape index (κ2) is 7.32. The highest BCUT2D eigenvalue weighted by atomic mass is 16.5. The number of hydrogen-bond donors (Lipinski definition) is 1. The molecule has 23 heavy (non-hydrogen) atoms. The SMILES string of the molecule is CCOc1cccc(C(=O)N2CCN([C@H]3CCC[C@H]3O)CC2)c1. The van der Waals surface area contributed by atoms with Gasteiger partial charge in [0.05, 0.1) is 12.7 Å². The summed E-state index contributed by atoms with van der Waals surface area (Å²) < 4.78 is 5.47. The number of nitrogens with zero attached hydrogens (tertiary/aromatic N) is 2. The molecule has 126 valence electrons. The maximum Gasteiger partial charge on any atom is 0.254 e. The van der Waals surface area contributed by atoms with Gasteiger partial charge in [0.25, 0.3) is 5.91 Å². The first-order chi connectivity index (χ1) is 11.2. The summed E-state index contributed by atoms with van der Waals surface area (Å²) >= 11 is 0. The zero-order chi connectivity index (χ0) is 16.2. The Morgan fingerprint density at radius 3 is 2.70 bits per heavy atom. The van der Waals surface area contributed by atoms with Gasteiger partial charge in [-0.1, -0.05) is 6.07 Å². The molecular formula is C18H26N2O3. The molecule has 0 radical (unpaired) electrons. The Hall–Kier alpha value is -1.59. The minimum absolute atomic E-state index is 0.0678. The van der Waals surface area contributed by atoms with E-state index >= 15 is 0 Å². The van der Waals surface area contributed by atoms with Gasteiger partial charge in [-0.3, -0.25) is 9.69 Å². The number of aliphatic hydroxyl groups is 1. The number of piperazine rings is 1. The molecule has 1 heterocycles. The summed E-state index contributed by atoms with van der Waals surface area (Å²) in [5.74, 6) is 0.809. The lowest BCUT2D eigenvalue weighted by Crippen LogP contribution is -2.53. The quantitative estimate of drug-likeness (QED) is 0.919. The van der Waals surface area contributed by atoms with Gasteiger partial charge < -0.3 is 14.7 Å². The van der Waals surface area contributed by atoms with Gasteiger partial charge in [0.1, 0.15) is 5.75 Å². The van der Waals surface area contributed by atoms with Crippen LogP contribution < -0.4 is 4.74 Å². The molecule has 1 N–H and O–H groups in total. The molecule has 1 saturated carbocycles. The van der Waals surface area contributed by atoms with E-state index in [0.717, 1.165) is 51.2 Å². The van der Waals surface area contributed by atoms with Crippen molar-refractivity contribution in [2.45, 2.75) is 38.3 Å². The Labute approximate surface area is 137 Å². The van der Waals surface area contributed by atoms with Crippen molar-refractivity contribution in [3.05, 3.63) is 29.8 Å². The smallest absolute Gasteiger partial charge is 0.254 e. The molecule has 1 aliphatic heterocycles. The molecule has 5 heteroatoms. The van der Waals surface area contributed by atoms with Gasteiger partial charge in [-0.05, 0) is 44.4 Å². The van der Waals surface area contributed by atoms with Gasteiger partial charge in [0, 0.05) is 37.8 Å². The molecule has 1 aromatic carbocycles. The first kappa shape index (κ1) is 16.3. The lowest BCUT2D eigenvalue weighted by atomic mass is 10.1. The summed E-state index contributed by atoms with van der Waals surface area (Å²) in [5.41, 5.74) is 0.685. The van der Waals surface area contributed by atoms with Crippen molar-refractivity contribution in [1.82, 2.24) is 9.80 Å². The average Bonchev–Trinajstić information content (AvgIpc) is 3.01. The zero-order valence-electron chi connectivity index (χ0n) is 13.8. The normalized spacial score (nSPS) is 25.6. The van der Waals surface area contributed by atoms with Crippen LogP contribution in [-0.2, 0) is 0 Å². The Morgan fingerprint density at radius 1 is 1.26 bits per heavy atom. The molecule has 1 aliphatic carbocycles. The van der Waals surface area contributed by atoms with E-state index in [2.05, 4.69) is 4.90 Å². The van der Waals surface area contributed by atoms with E-state index in [1.54, 1.807) is 0 Å². The Kier molecular flexibility index (Phi) is 5.18. The minimum Gasteiger partial charge on any atom is -0.494 e. The van der Waals surface area contributed by atoms with Gasteiger partial charge in [-0.25, -0.2) is 0 Å². The number of amides is 1. The molecule has 0 bridgehead atoms. The molecule has 5 nitrogen and oxygen atoms in total. The van der Waals surface area contributed by atoms with Crippen molar-refractivity contribution in [1.29, 1.82) is 0 Å². The number of carbonyl (C=O) groups is 1. The van der Waals surface area contributed by atoms with Crippen LogP contribution in [0.1, 0.15) is 36.5 Å². The summed E-state index contributed by atoms with van der Waals surface area (Å²) in [6.45, 7) is 5.67. The van der Waals surface area contributed by atoms with Crippen LogP contribution in [0.5, 0.6) is 5.75 Å². The van der Waals surface area contributed by atoms with Gasteiger partial charge in [-0.15, -0.1) is 0 Å². The topological polar surface area (TPSA) is 53.0 Å². The van der Waals surface area contributed by atoms with Crippen LogP contribution in [-0.4, -0.2) is 65.7 Å². The van der Waals surface area contributed by atoms with Gasteiger partial charge in [0.15, 0.2) is 0 Å². The van der Waals surface area contributed by atoms with E-state index in [1.165, 1.54) is 0 Å². The van der Waals surface area contributed by atoms with Crippen LogP contribution >= 0.6 is 0 Å². The molecule has 2 fully saturated rings. The van der Waals surface area contributed by atoms with Crippen molar-refractivity contribution in [3.63, 3.8) is 0 Å². The molecule has 1 amide bonds. The lowest BCUT2D eigenvalue weighted by molar-refractivity contribution is 0.0315. The Balaban J connectivity index is 1.58. The summed E-state index contributed by atoms with van der Waals surface area (Å²) in [7, 11) is 0. The van der Waals surface area contributed by atoms with Crippen LogP contribution in [0.3, 0.4) is 0 Å². The zero-order valence-corrected chi connectivity index (χ0v) is 13.8. The number of rotatable bonds is 4. The van der Waals surface area contributed by atoms with E-state index in [4.69, 9.17) is 4.74 Å². The predicted octanol–water partition coefficient (Wildman–Crippen LogP) is 1.76. The lowest BCUT2D eigenvalue weighted by Gasteiger charge is -2.39. The number of carbonyl (C=O) groups excluding carboxylic acids is 1. The molecular weight excluding hydrogens is 292 g/mol. The standard InChI is InChI=1S/C18H26N2O3/c1-2-23-15-6-3-5-14(13-15)18(22)20-11-9-19(10-12-20)16-7-4-8-17(16)21/h3,5-6,13,16-17,21H,2,4,7-12H2,1H3/t16-,17+/m0/s1. The monoisotopic (exact) mass is 318 g/mol. The van der Waals surface area contributed by atoms with Crippen molar-refractivity contribution in [2.75, 3.05) is 32.8 Å². The Morgan fingerprint density at radius 2 is 2.04 bits per heavy atom. The molecule has 0 aromatic heterocycles. The highest BCUT2D eigenvalue weighted by molar-refractivity contribution is 5.94. The maximum absolute atomic E-state index is 12.7. The van der Waals surface area contributed by atoms with E-state index in [-0.39, 0.29) is 18.1 Å². The van der Waals surface area contributed by atoms with Crippen molar-refractivity contribution < 1.29 is 14.6 Å². The van der Waals surface area contributed by atoms with Crippen LogP contribution in [0.2, 0.25) is 0 Å². The Bertz CT molecular complexity index is 541. The fourth-order valence-electron chi connectivity index (χ4n) is 3.67. The second-order valence-electron chi connectivity index (χ2n) is 6.35. The second-order valence-corrected chi connectivity index (χ2v) is 6.35. The van der Waals surface area contributed by atoms with Gasteiger partial charge in [0.2, 0.25) is 0 Å². The van der Waals surface area contributed by atoms with Gasteiger partial charge >= 0.3 is 0 Å². The summed E-state index contributed by atoms with van der Waals surface area (Å²) in [4.78, 5) is 16.9. The number of benzene rings is 1. The third kappa shape index (κ3) is 3.67. The predicted molar refractivity (Wildman–Crippen MR) is 88.7 cm³/mol. The molecule has 3 rings (SSSR count). The highest BCUT2D eigenvalue weighted by Gasteiger charge is 2.33. The molecule has 0 unspecified atom stereocenters. The average molecular weight is 318 g/mol. The maximum atomic E-state index is 12.7. The highest BCUT2D eigenvalue weighted by Crippen LogP contribution is 2.25. The molecule has 1 saturated heterocycles. The first-order valence-electron chi connectivity index (χ1n) is 8.63. The van der Waals surface area contributed by atoms with Crippen LogP contribution in [0.15, 0.2) is 24.3 Å². The van der Waals surface area contributed by atoms with E-state index in [1.807, 2.05) is 36.1 Å². The van der Waals surface area contributed by atoms with Crippen LogP contribution in [0.4, 0.5) is 0 Å². The molecule has 2 aliphatic rings. The molecule has 1 aromatic rings. The minimum atomic E-state index is -0.194. The third-order valence-electron chi connectivity index (χ3n) is 4.91. The first-order valence-corrected chi connectivity index (χ1v) is 8.63. The van der Waals surface area contributed by atoms with Gasteiger partial charge in [-0.2, -0.15) is 0 Å². The van der Waals surface area contributed by atoms with Crippen LogP contribution in [0, 0.1) is 0 Å². The molecule has 2 atom stereocenters. The third-order valence-corrected chi connectivity index (χ3v) is 4.91. The van der Waals surface area contributed by atoms with E-state index in [9.17, 15) is 9.90 Å². The van der Waals surface area contributed by atoms with E-state index in [0.29, 0.717) is 12.2 Å². The molecule has 0 spiro atoms. The van der Waals surface area contributed by atoms with Crippen molar-refractivity contribution in [2.24, 2.45) is 0 Å².